The van der Waals surface area contributed by atoms with Crippen molar-refractivity contribution in [3.63, 3.8) is 0 Å². The molecule has 1 amide bonds. The number of hydrogen-bond donors (Lipinski definition) is 1. The number of aryl methyl sites for hydroxylation is 2. The molecule has 2 aromatic rings. The molecule has 0 aliphatic rings. The standard InChI is InChI=1S/C16H19NO4/c1-10-7-15(21-11(10)2)16(18)17-9-12-5-6-13(19-3)14(8-12)20-4/h5-8H,9H2,1-4H3,(H,17,18). The van der Waals surface area contributed by atoms with E-state index in [1.165, 1.54) is 0 Å². The van der Waals surface area contributed by atoms with Crippen molar-refractivity contribution < 1.29 is 18.7 Å². The van der Waals surface area contributed by atoms with E-state index in [-0.39, 0.29) is 5.91 Å². The molecule has 112 valence electrons. The van der Waals surface area contributed by atoms with Gasteiger partial charge in [0.05, 0.1) is 14.2 Å². The maximum atomic E-state index is 12.0. The van der Waals surface area contributed by atoms with Crippen molar-refractivity contribution >= 4 is 5.91 Å². The number of ether oxygens (including phenoxy) is 2. The molecule has 1 aromatic carbocycles. The van der Waals surface area contributed by atoms with Crippen LogP contribution >= 0.6 is 0 Å². The molecule has 2 rings (SSSR count). The van der Waals surface area contributed by atoms with E-state index < -0.39 is 0 Å². The molecule has 1 heterocycles. The molecule has 5 nitrogen and oxygen atoms in total. The van der Waals surface area contributed by atoms with Crippen LogP contribution in [0.2, 0.25) is 0 Å². The van der Waals surface area contributed by atoms with Gasteiger partial charge in [-0.3, -0.25) is 4.79 Å². The quantitative estimate of drug-likeness (QED) is 0.919. The number of rotatable bonds is 5. The van der Waals surface area contributed by atoms with E-state index in [0.29, 0.717) is 23.8 Å². The first kappa shape index (κ1) is 15.0. The molecule has 0 spiro atoms. The van der Waals surface area contributed by atoms with Crippen molar-refractivity contribution in [3.8, 4) is 11.5 Å². The molecule has 1 N–H and O–H groups in total. The predicted molar refractivity (Wildman–Crippen MR) is 78.9 cm³/mol. The number of hydrogen-bond acceptors (Lipinski definition) is 4. The lowest BCUT2D eigenvalue weighted by atomic mass is 10.2. The van der Waals surface area contributed by atoms with Gasteiger partial charge in [0.15, 0.2) is 17.3 Å². The first-order chi connectivity index (χ1) is 10.0. The minimum Gasteiger partial charge on any atom is -0.493 e. The smallest absolute Gasteiger partial charge is 0.287 e. The summed E-state index contributed by atoms with van der Waals surface area (Å²) in [5, 5.41) is 2.82. The zero-order valence-corrected chi connectivity index (χ0v) is 12.6. The molecule has 21 heavy (non-hydrogen) atoms. The minimum absolute atomic E-state index is 0.235. The van der Waals surface area contributed by atoms with Crippen LogP contribution in [0.15, 0.2) is 28.7 Å². The van der Waals surface area contributed by atoms with E-state index in [9.17, 15) is 4.79 Å². The van der Waals surface area contributed by atoms with E-state index in [1.807, 2.05) is 32.0 Å². The molecule has 0 saturated heterocycles. The van der Waals surface area contributed by atoms with Gasteiger partial charge in [-0.2, -0.15) is 0 Å². The van der Waals surface area contributed by atoms with Crippen LogP contribution in [0.4, 0.5) is 0 Å². The maximum absolute atomic E-state index is 12.0. The molecule has 0 aliphatic carbocycles. The third kappa shape index (κ3) is 3.37. The summed E-state index contributed by atoms with van der Waals surface area (Å²) in [7, 11) is 3.16. The third-order valence-corrected chi connectivity index (χ3v) is 3.29. The molecule has 0 radical (unpaired) electrons. The largest absolute Gasteiger partial charge is 0.493 e. The number of carbonyl (C=O) groups excluding carboxylic acids is 1. The highest BCUT2D eigenvalue weighted by Crippen LogP contribution is 2.27. The highest BCUT2D eigenvalue weighted by Gasteiger charge is 2.12. The molecule has 0 unspecified atom stereocenters. The van der Waals surface area contributed by atoms with Crippen LogP contribution in [-0.4, -0.2) is 20.1 Å². The Kier molecular flexibility index (Phi) is 4.52. The fourth-order valence-electron chi connectivity index (χ4n) is 1.95. The molecule has 0 saturated carbocycles. The van der Waals surface area contributed by atoms with Crippen molar-refractivity contribution in [3.05, 3.63) is 46.9 Å². The fourth-order valence-corrected chi connectivity index (χ4v) is 1.95. The van der Waals surface area contributed by atoms with E-state index in [4.69, 9.17) is 13.9 Å². The lowest BCUT2D eigenvalue weighted by molar-refractivity contribution is 0.0922. The molecule has 0 fully saturated rings. The summed E-state index contributed by atoms with van der Waals surface area (Å²) >= 11 is 0. The Labute approximate surface area is 123 Å². The molecule has 0 aliphatic heterocycles. The lowest BCUT2D eigenvalue weighted by Crippen LogP contribution is -2.22. The van der Waals surface area contributed by atoms with Crippen LogP contribution in [0.25, 0.3) is 0 Å². The summed E-state index contributed by atoms with van der Waals surface area (Å²) in [5.74, 6) is 2.14. The highest BCUT2D eigenvalue weighted by molar-refractivity contribution is 5.91. The lowest BCUT2D eigenvalue weighted by Gasteiger charge is -2.10. The fraction of sp³-hybridized carbons (Fsp3) is 0.312. The maximum Gasteiger partial charge on any atom is 0.287 e. The summed E-state index contributed by atoms with van der Waals surface area (Å²) in [5.41, 5.74) is 1.88. The number of furan rings is 1. The van der Waals surface area contributed by atoms with Crippen LogP contribution in [0.5, 0.6) is 11.5 Å². The third-order valence-electron chi connectivity index (χ3n) is 3.29. The van der Waals surface area contributed by atoms with Gasteiger partial charge in [0, 0.05) is 6.54 Å². The van der Waals surface area contributed by atoms with Crippen molar-refractivity contribution in [1.29, 1.82) is 0 Å². The van der Waals surface area contributed by atoms with Crippen molar-refractivity contribution in [2.75, 3.05) is 14.2 Å². The molecular weight excluding hydrogens is 270 g/mol. The van der Waals surface area contributed by atoms with Crippen LogP contribution < -0.4 is 14.8 Å². The second-order valence-corrected chi connectivity index (χ2v) is 4.72. The second kappa shape index (κ2) is 6.35. The monoisotopic (exact) mass is 289 g/mol. The zero-order valence-electron chi connectivity index (χ0n) is 12.6. The van der Waals surface area contributed by atoms with Gasteiger partial charge >= 0.3 is 0 Å². The Hall–Kier alpha value is -2.43. The van der Waals surface area contributed by atoms with Crippen LogP contribution in [-0.2, 0) is 6.54 Å². The zero-order chi connectivity index (χ0) is 15.4. The van der Waals surface area contributed by atoms with Gasteiger partial charge < -0.3 is 19.2 Å². The van der Waals surface area contributed by atoms with E-state index in [2.05, 4.69) is 5.32 Å². The van der Waals surface area contributed by atoms with Gasteiger partial charge in [-0.15, -0.1) is 0 Å². The first-order valence-electron chi connectivity index (χ1n) is 6.61. The summed E-state index contributed by atoms with van der Waals surface area (Å²) in [4.78, 5) is 12.0. The average Bonchev–Trinajstić information content (AvgIpc) is 2.84. The van der Waals surface area contributed by atoms with Crippen molar-refractivity contribution in [2.45, 2.75) is 20.4 Å². The molecule has 5 heteroatoms. The van der Waals surface area contributed by atoms with Crippen LogP contribution in [0.3, 0.4) is 0 Å². The second-order valence-electron chi connectivity index (χ2n) is 4.72. The molecular formula is C16H19NO4. The Balaban J connectivity index is 2.04. The van der Waals surface area contributed by atoms with Crippen LogP contribution in [0.1, 0.15) is 27.4 Å². The van der Waals surface area contributed by atoms with Gasteiger partial charge in [-0.1, -0.05) is 6.07 Å². The number of carbonyl (C=O) groups is 1. The SMILES string of the molecule is COc1ccc(CNC(=O)c2cc(C)c(C)o2)cc1OC. The van der Waals surface area contributed by atoms with E-state index in [0.717, 1.165) is 16.9 Å². The number of benzene rings is 1. The van der Waals surface area contributed by atoms with Gasteiger partial charge in [-0.05, 0) is 43.2 Å². The topological polar surface area (TPSA) is 60.7 Å². The Bertz CT molecular complexity index is 626. The summed E-state index contributed by atoms with van der Waals surface area (Å²) < 4.78 is 15.8. The predicted octanol–water partition coefficient (Wildman–Crippen LogP) is 2.84. The van der Waals surface area contributed by atoms with Gasteiger partial charge in [0.1, 0.15) is 5.76 Å². The van der Waals surface area contributed by atoms with Crippen molar-refractivity contribution in [1.82, 2.24) is 5.32 Å². The summed E-state index contributed by atoms with van der Waals surface area (Å²) in [6, 6.07) is 7.25. The number of amides is 1. The summed E-state index contributed by atoms with van der Waals surface area (Å²) in [6.45, 7) is 4.13. The Morgan fingerprint density at radius 3 is 2.43 bits per heavy atom. The minimum atomic E-state index is -0.235. The Morgan fingerprint density at radius 2 is 1.86 bits per heavy atom. The van der Waals surface area contributed by atoms with Gasteiger partial charge in [-0.25, -0.2) is 0 Å². The normalized spacial score (nSPS) is 10.3. The first-order valence-corrected chi connectivity index (χ1v) is 6.61. The molecule has 0 atom stereocenters. The molecule has 1 aromatic heterocycles. The Morgan fingerprint density at radius 1 is 1.14 bits per heavy atom. The average molecular weight is 289 g/mol. The molecule has 0 bridgehead atoms. The number of methoxy groups -OCH3 is 2. The van der Waals surface area contributed by atoms with E-state index in [1.54, 1.807) is 20.3 Å². The van der Waals surface area contributed by atoms with E-state index >= 15 is 0 Å². The van der Waals surface area contributed by atoms with Crippen LogP contribution in [0, 0.1) is 13.8 Å². The highest BCUT2D eigenvalue weighted by atomic mass is 16.5. The summed E-state index contributed by atoms with van der Waals surface area (Å²) in [6.07, 6.45) is 0. The number of nitrogens with one attached hydrogen (secondary N) is 1. The van der Waals surface area contributed by atoms with Crippen molar-refractivity contribution in [2.24, 2.45) is 0 Å². The van der Waals surface area contributed by atoms with Gasteiger partial charge in [0.2, 0.25) is 0 Å². The van der Waals surface area contributed by atoms with Gasteiger partial charge in [0.25, 0.3) is 5.91 Å².